The van der Waals surface area contributed by atoms with Crippen LogP contribution in [-0.2, 0) is 19.5 Å². The summed E-state index contributed by atoms with van der Waals surface area (Å²) in [6, 6.07) is 8.15. The van der Waals surface area contributed by atoms with Crippen molar-refractivity contribution in [2.45, 2.75) is 0 Å². The second-order valence-corrected chi connectivity index (χ2v) is 8.24. The maximum Gasteiger partial charge on any atom is 0.0738 e. The maximum atomic E-state index is 4.89. The van der Waals surface area contributed by atoms with Gasteiger partial charge in [-0.15, -0.1) is 0 Å². The predicted molar refractivity (Wildman–Crippen MR) is 132 cm³/mol. The van der Waals surface area contributed by atoms with E-state index in [1.165, 1.54) is 0 Å². The first-order chi connectivity index (χ1) is 15.2. The normalized spacial score (nSPS) is 19.8. The summed E-state index contributed by atoms with van der Waals surface area (Å²) in [7, 11) is 0. The number of benzene rings is 1. The Bertz CT molecular complexity index is 1420. The molecule has 32 heavy (non-hydrogen) atoms. The Hall–Kier alpha value is -3.08. The molecule has 0 fully saturated rings. The Morgan fingerprint density at radius 2 is 1.12 bits per heavy atom. The molecular weight excluding hydrogens is 514 g/mol. The van der Waals surface area contributed by atoms with Crippen molar-refractivity contribution in [1.29, 1.82) is 0 Å². The smallest absolute Gasteiger partial charge is 0.0738 e. The first-order valence-electron chi connectivity index (χ1n) is 9.93. The van der Waals surface area contributed by atoms with Gasteiger partial charge in [0.15, 0.2) is 0 Å². The van der Waals surface area contributed by atoms with E-state index >= 15 is 0 Å². The van der Waals surface area contributed by atoms with Crippen LogP contribution in [0, 0.1) is 0 Å². The molecule has 0 unspecified atom stereocenters. The molecule has 148 valence electrons. The van der Waals surface area contributed by atoms with Gasteiger partial charge in [-0.3, -0.25) is 0 Å². The fourth-order valence-corrected chi connectivity index (χ4v) is 4.31. The summed E-state index contributed by atoms with van der Waals surface area (Å²) in [6.07, 6.45) is 22.1. The van der Waals surface area contributed by atoms with Gasteiger partial charge in [-0.2, -0.15) is 0 Å². The number of allylic oxidation sites excluding steroid dienone is 12. The molecule has 0 aliphatic carbocycles. The molecule has 0 atom stereocenters. The van der Waals surface area contributed by atoms with Crippen molar-refractivity contribution < 1.29 is 19.5 Å². The summed E-state index contributed by atoms with van der Waals surface area (Å²) in [5.74, 6) is 0. The summed E-state index contributed by atoms with van der Waals surface area (Å²) in [4.78, 5) is 19.1. The van der Waals surface area contributed by atoms with E-state index in [0.717, 1.165) is 61.2 Å². The van der Waals surface area contributed by atoms with Crippen LogP contribution >= 0.6 is 15.9 Å². The van der Waals surface area contributed by atoms with Crippen LogP contribution in [0.5, 0.6) is 0 Å². The van der Waals surface area contributed by atoms with E-state index in [9.17, 15) is 0 Å². The third kappa shape index (κ3) is 3.92. The van der Waals surface area contributed by atoms with Gasteiger partial charge < -0.3 is 0 Å². The molecule has 1 aromatic rings. The third-order valence-corrected chi connectivity index (χ3v) is 5.92. The molecule has 6 rings (SSSR count). The average molecular weight is 529 g/mol. The van der Waals surface area contributed by atoms with Crippen molar-refractivity contribution in [2.24, 2.45) is 20.0 Å². The van der Waals surface area contributed by atoms with Crippen LogP contribution in [0.3, 0.4) is 0 Å². The van der Waals surface area contributed by atoms with Gasteiger partial charge in [-0.1, -0.05) is 34.1 Å². The number of hydrogen-bond donors (Lipinski definition) is 0. The summed E-state index contributed by atoms with van der Waals surface area (Å²) < 4.78 is 1.00. The van der Waals surface area contributed by atoms with Crippen LogP contribution in [0.15, 0.2) is 138 Å². The van der Waals surface area contributed by atoms with E-state index in [4.69, 9.17) is 9.98 Å². The zero-order chi connectivity index (χ0) is 20.8. The minimum absolute atomic E-state index is 0. The second-order valence-electron chi connectivity index (χ2n) is 7.39. The zero-order valence-electron chi connectivity index (χ0n) is 17.0. The molecule has 0 amide bonds. The number of aliphatic imine (C=N–C) groups is 4. The number of halogens is 1. The summed E-state index contributed by atoms with van der Waals surface area (Å²) in [5.41, 5.74) is 9.02. The predicted octanol–water partition coefficient (Wildman–Crippen LogP) is 5.87. The topological polar surface area (TPSA) is 49.4 Å². The maximum absolute atomic E-state index is 4.89. The fraction of sp³-hybridized carbons (Fsp3) is 0. The molecule has 5 aliphatic rings. The standard InChI is InChI=1S/C26H15BrN4.Zn/c27-23-4-2-1-3-22(23)26-24-11-9-20(30-24)14-18-7-5-16(28-18)13-17-6-8-19(29-17)15-21-10-12-25(26)31-21;/h1-15H;. The summed E-state index contributed by atoms with van der Waals surface area (Å²) in [6.45, 7) is 0. The molecule has 1 aromatic carbocycles. The van der Waals surface area contributed by atoms with E-state index in [1.807, 2.05) is 85.0 Å². The van der Waals surface area contributed by atoms with Gasteiger partial charge >= 0.3 is 0 Å². The van der Waals surface area contributed by atoms with Crippen LogP contribution in [-0.4, -0.2) is 22.8 Å². The van der Waals surface area contributed by atoms with Crippen molar-refractivity contribution in [3.63, 3.8) is 0 Å². The first-order valence-corrected chi connectivity index (χ1v) is 10.7. The molecule has 0 spiro atoms. The van der Waals surface area contributed by atoms with Crippen molar-refractivity contribution in [2.75, 3.05) is 0 Å². The monoisotopic (exact) mass is 526 g/mol. The SMILES string of the molecule is Brc1ccccc1C1=C2C=CC(=N2)C=C2C=CC(=N2)C=C2C=CC(=N2)C=C2C=CC1=N2.[Zn]. The largest absolute Gasteiger partial charge is 0.249 e. The van der Waals surface area contributed by atoms with Gasteiger partial charge in [0.05, 0.1) is 45.6 Å². The molecule has 0 saturated carbocycles. The Morgan fingerprint density at radius 3 is 1.81 bits per heavy atom. The van der Waals surface area contributed by atoms with Gasteiger partial charge in [-0.25, -0.2) is 20.0 Å². The van der Waals surface area contributed by atoms with Crippen molar-refractivity contribution in [3.8, 4) is 0 Å². The van der Waals surface area contributed by atoms with Crippen LogP contribution in [0.1, 0.15) is 5.56 Å². The molecule has 5 aliphatic heterocycles. The van der Waals surface area contributed by atoms with Crippen LogP contribution < -0.4 is 0 Å². The molecule has 0 N–H and O–H groups in total. The fourth-order valence-electron chi connectivity index (χ4n) is 3.83. The Morgan fingerprint density at radius 1 is 0.562 bits per heavy atom. The molecule has 6 heteroatoms. The Kier molecular flexibility index (Phi) is 5.50. The van der Waals surface area contributed by atoms with Gasteiger partial charge in [0.2, 0.25) is 0 Å². The van der Waals surface area contributed by atoms with Crippen LogP contribution in [0.2, 0.25) is 0 Å². The second kappa shape index (κ2) is 8.46. The van der Waals surface area contributed by atoms with Crippen molar-refractivity contribution in [1.82, 2.24) is 0 Å². The van der Waals surface area contributed by atoms with Gasteiger partial charge in [0.1, 0.15) is 0 Å². The molecule has 0 saturated heterocycles. The molecule has 4 nitrogen and oxygen atoms in total. The van der Waals surface area contributed by atoms with E-state index in [0.29, 0.717) is 0 Å². The number of hydrogen-bond acceptors (Lipinski definition) is 4. The van der Waals surface area contributed by atoms with Gasteiger partial charge in [-0.05, 0) is 72.9 Å². The molecule has 5 heterocycles. The first kappa shape index (κ1) is 20.8. The number of nitrogens with zero attached hydrogens (tertiary/aromatic N) is 4. The van der Waals surface area contributed by atoms with E-state index in [-0.39, 0.29) is 19.5 Å². The van der Waals surface area contributed by atoms with Crippen molar-refractivity contribution in [3.05, 3.63) is 124 Å². The Labute approximate surface area is 207 Å². The van der Waals surface area contributed by atoms with E-state index in [1.54, 1.807) is 0 Å². The third-order valence-electron chi connectivity index (χ3n) is 5.23. The van der Waals surface area contributed by atoms with Gasteiger partial charge in [0, 0.05) is 35.1 Å². The van der Waals surface area contributed by atoms with Crippen LogP contribution in [0.25, 0.3) is 5.57 Å². The van der Waals surface area contributed by atoms with Crippen LogP contribution in [0.4, 0.5) is 0 Å². The minimum atomic E-state index is 0. The summed E-state index contributed by atoms with van der Waals surface area (Å²) in [5, 5.41) is 0. The zero-order valence-corrected chi connectivity index (χ0v) is 21.6. The molecule has 0 radical (unpaired) electrons. The van der Waals surface area contributed by atoms with Crippen molar-refractivity contribution >= 4 is 44.3 Å². The van der Waals surface area contributed by atoms with Gasteiger partial charge in [0.25, 0.3) is 0 Å². The molecule has 8 bridgehead atoms. The Balaban J connectivity index is 0.00000216. The number of rotatable bonds is 1. The van der Waals surface area contributed by atoms with E-state index < -0.39 is 0 Å². The summed E-state index contributed by atoms with van der Waals surface area (Å²) >= 11 is 3.70. The molecule has 0 aromatic heterocycles. The number of fused-ring (bicyclic) bond motifs is 4. The minimum Gasteiger partial charge on any atom is -0.249 e. The average Bonchev–Trinajstić information content (AvgIpc) is 3.55. The quantitative estimate of drug-likeness (QED) is 0.410. The van der Waals surface area contributed by atoms with E-state index in [2.05, 4.69) is 32.0 Å². The molecular formula is C26H15BrN4Zn.